The summed E-state index contributed by atoms with van der Waals surface area (Å²) in [5.74, 6) is 0.0432. The molecular weight excluding hydrogens is 290 g/mol. The fourth-order valence-electron chi connectivity index (χ4n) is 2.19. The smallest absolute Gasteiger partial charge is 0.222 e. The van der Waals surface area contributed by atoms with Gasteiger partial charge in [0.1, 0.15) is 0 Å². The van der Waals surface area contributed by atoms with Gasteiger partial charge in [-0.3, -0.25) is 4.79 Å². The zero-order chi connectivity index (χ0) is 15.3. The van der Waals surface area contributed by atoms with Gasteiger partial charge in [0.05, 0.1) is 23.1 Å². The van der Waals surface area contributed by atoms with E-state index in [1.807, 2.05) is 6.07 Å². The van der Waals surface area contributed by atoms with Gasteiger partial charge in [-0.15, -0.1) is 0 Å². The Kier molecular flexibility index (Phi) is 4.81. The molecule has 0 aromatic heterocycles. The molecule has 1 saturated heterocycles. The first-order valence-electron chi connectivity index (χ1n) is 6.72. The van der Waals surface area contributed by atoms with Gasteiger partial charge in [-0.25, -0.2) is 8.42 Å². The summed E-state index contributed by atoms with van der Waals surface area (Å²) in [5, 5.41) is 14.5. The molecule has 1 fully saturated rings. The van der Waals surface area contributed by atoms with Crippen LogP contribution in [0.5, 0.6) is 0 Å². The van der Waals surface area contributed by atoms with Crippen molar-refractivity contribution in [2.75, 3.05) is 23.4 Å². The molecule has 0 bridgehead atoms. The van der Waals surface area contributed by atoms with Crippen LogP contribution in [0.1, 0.15) is 18.4 Å². The molecule has 2 N–H and O–H groups in total. The zero-order valence-corrected chi connectivity index (χ0v) is 12.3. The van der Waals surface area contributed by atoms with Gasteiger partial charge in [-0.2, -0.15) is 5.26 Å². The lowest BCUT2D eigenvalue weighted by atomic mass is 10.2. The number of carbonyl (C=O) groups is 1. The third kappa shape index (κ3) is 4.76. The molecule has 0 spiro atoms. The van der Waals surface area contributed by atoms with Crippen LogP contribution in [-0.4, -0.2) is 38.4 Å². The van der Waals surface area contributed by atoms with Gasteiger partial charge < -0.3 is 10.6 Å². The van der Waals surface area contributed by atoms with Gasteiger partial charge in [-0.1, -0.05) is 0 Å². The van der Waals surface area contributed by atoms with Crippen LogP contribution in [0.15, 0.2) is 24.3 Å². The highest BCUT2D eigenvalue weighted by Gasteiger charge is 2.28. The second kappa shape index (κ2) is 6.59. The van der Waals surface area contributed by atoms with Crippen molar-refractivity contribution in [2.24, 2.45) is 0 Å². The van der Waals surface area contributed by atoms with Crippen molar-refractivity contribution in [1.82, 2.24) is 5.32 Å². The number of anilines is 1. The molecule has 1 aromatic carbocycles. The van der Waals surface area contributed by atoms with Gasteiger partial charge in [-0.05, 0) is 30.7 Å². The monoisotopic (exact) mass is 307 g/mol. The number of sulfone groups is 1. The van der Waals surface area contributed by atoms with Crippen molar-refractivity contribution >= 4 is 21.4 Å². The minimum Gasteiger partial charge on any atom is -0.385 e. The maximum absolute atomic E-state index is 11.7. The van der Waals surface area contributed by atoms with Crippen molar-refractivity contribution in [3.05, 3.63) is 29.8 Å². The van der Waals surface area contributed by atoms with Gasteiger partial charge in [0.15, 0.2) is 9.84 Å². The van der Waals surface area contributed by atoms with Crippen LogP contribution in [0.4, 0.5) is 5.69 Å². The molecule has 6 nitrogen and oxygen atoms in total. The van der Waals surface area contributed by atoms with Crippen LogP contribution < -0.4 is 10.6 Å². The van der Waals surface area contributed by atoms with Crippen molar-refractivity contribution in [3.63, 3.8) is 0 Å². The molecule has 1 aliphatic rings. The third-order valence-electron chi connectivity index (χ3n) is 3.29. The van der Waals surface area contributed by atoms with E-state index in [-0.39, 0.29) is 29.9 Å². The Balaban J connectivity index is 1.71. The molecule has 7 heteroatoms. The fourth-order valence-corrected chi connectivity index (χ4v) is 3.87. The largest absolute Gasteiger partial charge is 0.385 e. The van der Waals surface area contributed by atoms with Crippen LogP contribution in [0.25, 0.3) is 0 Å². The van der Waals surface area contributed by atoms with E-state index >= 15 is 0 Å². The summed E-state index contributed by atoms with van der Waals surface area (Å²) in [4.78, 5) is 11.7. The van der Waals surface area contributed by atoms with Crippen LogP contribution in [0.3, 0.4) is 0 Å². The zero-order valence-electron chi connectivity index (χ0n) is 11.5. The summed E-state index contributed by atoms with van der Waals surface area (Å²) >= 11 is 0. The second-order valence-electron chi connectivity index (χ2n) is 5.03. The highest BCUT2D eigenvalue weighted by molar-refractivity contribution is 7.91. The van der Waals surface area contributed by atoms with E-state index in [0.29, 0.717) is 18.5 Å². The highest BCUT2D eigenvalue weighted by atomic mass is 32.2. The minimum absolute atomic E-state index is 0.0434. The Morgan fingerprint density at radius 3 is 2.62 bits per heavy atom. The van der Waals surface area contributed by atoms with Crippen LogP contribution in [-0.2, 0) is 14.6 Å². The third-order valence-corrected chi connectivity index (χ3v) is 5.06. The number of nitrogens with zero attached hydrogens (tertiary/aromatic N) is 1. The van der Waals surface area contributed by atoms with Crippen molar-refractivity contribution < 1.29 is 13.2 Å². The molecule has 2 rings (SSSR count). The highest BCUT2D eigenvalue weighted by Crippen LogP contribution is 2.11. The Bertz CT molecular complexity index is 647. The van der Waals surface area contributed by atoms with Gasteiger partial charge in [0, 0.05) is 24.7 Å². The van der Waals surface area contributed by atoms with Crippen LogP contribution >= 0.6 is 0 Å². The second-order valence-corrected chi connectivity index (χ2v) is 7.26. The van der Waals surface area contributed by atoms with Crippen molar-refractivity contribution in [1.29, 1.82) is 5.26 Å². The number of rotatable bonds is 5. The number of benzene rings is 1. The fraction of sp³-hybridized carbons (Fsp3) is 0.429. The Morgan fingerprint density at radius 2 is 2.05 bits per heavy atom. The molecule has 1 unspecified atom stereocenters. The Morgan fingerprint density at radius 1 is 1.33 bits per heavy atom. The van der Waals surface area contributed by atoms with Crippen LogP contribution in [0.2, 0.25) is 0 Å². The summed E-state index contributed by atoms with van der Waals surface area (Å²) < 4.78 is 22.6. The average molecular weight is 307 g/mol. The normalized spacial score (nSPS) is 19.7. The van der Waals surface area contributed by atoms with E-state index in [9.17, 15) is 13.2 Å². The Hall–Kier alpha value is -2.07. The summed E-state index contributed by atoms with van der Waals surface area (Å²) in [6, 6.07) is 8.74. The molecule has 21 heavy (non-hydrogen) atoms. The molecule has 1 amide bonds. The molecule has 0 radical (unpaired) electrons. The lowest BCUT2D eigenvalue weighted by Gasteiger charge is -2.11. The summed E-state index contributed by atoms with van der Waals surface area (Å²) in [5.41, 5.74) is 1.42. The van der Waals surface area contributed by atoms with E-state index in [4.69, 9.17) is 5.26 Å². The van der Waals surface area contributed by atoms with Gasteiger partial charge in [0.2, 0.25) is 5.91 Å². The van der Waals surface area contributed by atoms with E-state index in [1.165, 1.54) is 0 Å². The first-order chi connectivity index (χ1) is 9.98. The topological polar surface area (TPSA) is 99.1 Å². The first kappa shape index (κ1) is 15.3. The van der Waals surface area contributed by atoms with Gasteiger partial charge in [0.25, 0.3) is 0 Å². The predicted octanol–water partition coefficient (Wildman–Crippen LogP) is 0.664. The van der Waals surface area contributed by atoms with Crippen LogP contribution in [0, 0.1) is 11.3 Å². The number of nitrogens with one attached hydrogen (secondary N) is 2. The average Bonchev–Trinajstić information content (AvgIpc) is 2.78. The van der Waals surface area contributed by atoms with Gasteiger partial charge >= 0.3 is 0 Å². The number of nitriles is 1. The lowest BCUT2D eigenvalue weighted by Crippen LogP contribution is -2.36. The number of hydrogen-bond donors (Lipinski definition) is 2. The standard InChI is InChI=1S/C14H17N3O3S/c15-9-11-1-3-12(4-2-11)16-7-5-14(18)17-13-6-8-21(19,20)10-13/h1-4,13,16H,5-8,10H2,(H,17,18). The van der Waals surface area contributed by atoms with E-state index in [1.54, 1.807) is 24.3 Å². The maximum atomic E-state index is 11.7. The summed E-state index contributed by atoms with van der Waals surface area (Å²) in [7, 11) is -2.97. The summed E-state index contributed by atoms with van der Waals surface area (Å²) in [6.45, 7) is 0.456. The lowest BCUT2D eigenvalue weighted by molar-refractivity contribution is -0.121. The first-order valence-corrected chi connectivity index (χ1v) is 8.54. The van der Waals surface area contributed by atoms with Crippen molar-refractivity contribution in [3.8, 4) is 6.07 Å². The maximum Gasteiger partial charge on any atom is 0.222 e. The molecule has 1 aliphatic heterocycles. The minimum atomic E-state index is -2.97. The van der Waals surface area contributed by atoms with Crippen molar-refractivity contribution in [2.45, 2.75) is 18.9 Å². The molecule has 1 heterocycles. The summed E-state index contributed by atoms with van der Waals surface area (Å²) in [6.07, 6.45) is 0.772. The molecule has 0 aliphatic carbocycles. The molecule has 0 saturated carbocycles. The molecule has 112 valence electrons. The molecular formula is C14H17N3O3S. The van der Waals surface area contributed by atoms with E-state index < -0.39 is 9.84 Å². The molecule has 1 atom stereocenters. The Labute approximate surface area is 124 Å². The van der Waals surface area contributed by atoms with E-state index in [0.717, 1.165) is 5.69 Å². The number of hydrogen-bond acceptors (Lipinski definition) is 5. The number of amides is 1. The predicted molar refractivity (Wildman–Crippen MR) is 79.5 cm³/mol. The molecule has 1 aromatic rings. The van der Waals surface area contributed by atoms with E-state index in [2.05, 4.69) is 10.6 Å². The quantitative estimate of drug-likeness (QED) is 0.832. The number of carbonyl (C=O) groups excluding carboxylic acids is 1. The SMILES string of the molecule is N#Cc1ccc(NCCC(=O)NC2CCS(=O)(=O)C2)cc1.